The second-order valence-corrected chi connectivity index (χ2v) is 5.26. The molecule has 5 nitrogen and oxygen atoms in total. The van der Waals surface area contributed by atoms with E-state index in [1.54, 1.807) is 18.2 Å². The monoisotopic (exact) mass is 270 g/mol. The molecule has 0 heterocycles. The summed E-state index contributed by atoms with van der Waals surface area (Å²) in [4.78, 5) is 11.0. The summed E-state index contributed by atoms with van der Waals surface area (Å²) in [6, 6.07) is 8.11. The predicted molar refractivity (Wildman–Crippen MR) is 66.6 cm³/mol. The van der Waals surface area contributed by atoms with E-state index in [1.165, 1.54) is 19.1 Å². The number of hydrogen-bond acceptors (Lipinski definition) is 5. The van der Waals surface area contributed by atoms with Crippen LogP contribution < -0.4 is 4.18 Å². The Balaban J connectivity index is 2.46. The van der Waals surface area contributed by atoms with Gasteiger partial charge >= 0.3 is 16.1 Å². The Morgan fingerprint density at radius 3 is 2.44 bits per heavy atom. The van der Waals surface area contributed by atoms with Crippen molar-refractivity contribution in [1.82, 2.24) is 0 Å². The average Bonchev–Trinajstić information content (AvgIpc) is 2.29. The summed E-state index contributed by atoms with van der Waals surface area (Å²) in [7, 11) is -3.76. The SMILES string of the molecule is C=C(C)C(=O)OCCS(=O)(=O)Oc1ccccc1. The molecule has 0 fully saturated rings. The maximum Gasteiger partial charge on any atom is 0.333 e. The molecule has 0 aliphatic carbocycles. The minimum atomic E-state index is -3.76. The van der Waals surface area contributed by atoms with Crippen molar-refractivity contribution in [1.29, 1.82) is 0 Å². The molecule has 1 aromatic carbocycles. The fourth-order valence-electron chi connectivity index (χ4n) is 1.02. The van der Waals surface area contributed by atoms with Gasteiger partial charge < -0.3 is 8.92 Å². The van der Waals surface area contributed by atoms with Gasteiger partial charge in [0.1, 0.15) is 18.1 Å². The molecule has 1 rings (SSSR count). The second-order valence-electron chi connectivity index (χ2n) is 3.57. The van der Waals surface area contributed by atoms with Crippen LogP contribution in [-0.2, 0) is 19.6 Å². The molecule has 98 valence electrons. The van der Waals surface area contributed by atoms with E-state index < -0.39 is 21.8 Å². The van der Waals surface area contributed by atoms with Crippen LogP contribution in [0.15, 0.2) is 42.5 Å². The Kier molecular flexibility index (Phi) is 4.91. The smallest absolute Gasteiger partial charge is 0.333 e. The van der Waals surface area contributed by atoms with Crippen LogP contribution in [0, 0.1) is 0 Å². The van der Waals surface area contributed by atoms with E-state index in [0.717, 1.165) is 0 Å². The highest BCUT2D eigenvalue weighted by Gasteiger charge is 2.14. The first kappa shape index (κ1) is 14.2. The van der Waals surface area contributed by atoms with Crippen LogP contribution >= 0.6 is 0 Å². The number of hydrogen-bond donors (Lipinski definition) is 0. The minimum Gasteiger partial charge on any atom is -0.461 e. The minimum absolute atomic E-state index is 0.219. The molecule has 0 radical (unpaired) electrons. The first-order valence-electron chi connectivity index (χ1n) is 5.20. The summed E-state index contributed by atoms with van der Waals surface area (Å²) in [5.41, 5.74) is 0.219. The lowest BCUT2D eigenvalue weighted by molar-refractivity contribution is -0.138. The van der Waals surface area contributed by atoms with E-state index in [1.807, 2.05) is 0 Å². The lowest BCUT2D eigenvalue weighted by Crippen LogP contribution is -2.19. The van der Waals surface area contributed by atoms with Gasteiger partial charge in [0.25, 0.3) is 0 Å². The van der Waals surface area contributed by atoms with Crippen molar-refractivity contribution in [3.8, 4) is 5.75 Å². The molecule has 0 aromatic heterocycles. The highest BCUT2D eigenvalue weighted by Crippen LogP contribution is 2.11. The molecule has 6 heteroatoms. The van der Waals surface area contributed by atoms with Gasteiger partial charge in [0, 0.05) is 5.57 Å². The quantitative estimate of drug-likeness (QED) is 0.445. The third kappa shape index (κ3) is 5.01. The molecule has 0 aliphatic rings. The molecular formula is C12H14O5S. The van der Waals surface area contributed by atoms with E-state index in [9.17, 15) is 13.2 Å². The summed E-state index contributed by atoms with van der Waals surface area (Å²) in [5, 5.41) is 0. The van der Waals surface area contributed by atoms with E-state index in [-0.39, 0.29) is 17.9 Å². The van der Waals surface area contributed by atoms with Crippen LogP contribution in [0.5, 0.6) is 5.75 Å². The average molecular weight is 270 g/mol. The summed E-state index contributed by atoms with van der Waals surface area (Å²) < 4.78 is 32.5. The van der Waals surface area contributed by atoms with E-state index in [4.69, 9.17) is 4.18 Å². The highest BCUT2D eigenvalue weighted by atomic mass is 32.2. The van der Waals surface area contributed by atoms with Gasteiger partial charge in [-0.1, -0.05) is 24.8 Å². The number of carbonyl (C=O) groups is 1. The highest BCUT2D eigenvalue weighted by molar-refractivity contribution is 7.87. The summed E-state index contributed by atoms with van der Waals surface area (Å²) in [6.45, 7) is 4.60. The number of para-hydroxylation sites is 1. The third-order valence-corrected chi connectivity index (χ3v) is 2.99. The molecule has 0 bridgehead atoms. The number of ether oxygens (including phenoxy) is 1. The van der Waals surface area contributed by atoms with Crippen molar-refractivity contribution in [2.24, 2.45) is 0 Å². The van der Waals surface area contributed by atoms with Gasteiger partial charge in [0.2, 0.25) is 0 Å². The van der Waals surface area contributed by atoms with Gasteiger partial charge in [-0.3, -0.25) is 0 Å². The van der Waals surface area contributed by atoms with Crippen molar-refractivity contribution >= 4 is 16.1 Å². The van der Waals surface area contributed by atoms with Gasteiger partial charge in [0.15, 0.2) is 0 Å². The lowest BCUT2D eigenvalue weighted by atomic mass is 10.3. The van der Waals surface area contributed by atoms with Crippen molar-refractivity contribution in [2.75, 3.05) is 12.4 Å². The van der Waals surface area contributed by atoms with Gasteiger partial charge in [-0.05, 0) is 19.1 Å². The van der Waals surface area contributed by atoms with Crippen molar-refractivity contribution in [2.45, 2.75) is 6.92 Å². The van der Waals surface area contributed by atoms with Gasteiger partial charge in [0.05, 0.1) is 0 Å². The number of benzene rings is 1. The van der Waals surface area contributed by atoms with Crippen LogP contribution in [-0.4, -0.2) is 26.7 Å². The molecule has 0 atom stereocenters. The topological polar surface area (TPSA) is 69.7 Å². The Labute approximate surface area is 106 Å². The zero-order chi connectivity index (χ0) is 13.6. The molecule has 0 aliphatic heterocycles. The zero-order valence-electron chi connectivity index (χ0n) is 9.96. The molecule has 0 unspecified atom stereocenters. The fourth-order valence-corrected chi connectivity index (χ4v) is 1.80. The maximum atomic E-state index is 11.5. The number of esters is 1. The molecule has 0 N–H and O–H groups in total. The Morgan fingerprint density at radius 1 is 1.28 bits per heavy atom. The van der Waals surface area contributed by atoms with E-state index in [2.05, 4.69) is 11.3 Å². The fraction of sp³-hybridized carbons (Fsp3) is 0.250. The zero-order valence-corrected chi connectivity index (χ0v) is 10.8. The first-order valence-corrected chi connectivity index (χ1v) is 6.78. The Hall–Kier alpha value is -1.82. The van der Waals surface area contributed by atoms with Gasteiger partial charge in [-0.15, -0.1) is 0 Å². The molecule has 0 saturated heterocycles. The summed E-state index contributed by atoms with van der Waals surface area (Å²) in [6.07, 6.45) is 0. The molecule has 1 aromatic rings. The molecule has 0 spiro atoms. The van der Waals surface area contributed by atoms with Gasteiger partial charge in [-0.2, -0.15) is 8.42 Å². The lowest BCUT2D eigenvalue weighted by Gasteiger charge is -2.07. The standard InChI is InChI=1S/C12H14O5S/c1-10(2)12(13)16-8-9-18(14,15)17-11-6-4-3-5-7-11/h3-7H,1,8-9H2,2H3. The van der Waals surface area contributed by atoms with Crippen LogP contribution in [0.1, 0.15) is 6.92 Å². The van der Waals surface area contributed by atoms with Crippen molar-refractivity contribution < 1.29 is 22.1 Å². The van der Waals surface area contributed by atoms with Crippen molar-refractivity contribution in [3.63, 3.8) is 0 Å². The Morgan fingerprint density at radius 2 is 1.89 bits per heavy atom. The predicted octanol–water partition coefficient (Wildman–Crippen LogP) is 1.51. The molecule has 0 amide bonds. The Bertz CT molecular complexity index is 519. The third-order valence-electron chi connectivity index (χ3n) is 1.88. The second kappa shape index (κ2) is 6.20. The van der Waals surface area contributed by atoms with Crippen LogP contribution in [0.4, 0.5) is 0 Å². The van der Waals surface area contributed by atoms with Gasteiger partial charge in [-0.25, -0.2) is 4.79 Å². The summed E-state index contributed by atoms with van der Waals surface area (Å²) >= 11 is 0. The van der Waals surface area contributed by atoms with E-state index in [0.29, 0.717) is 0 Å². The molecule has 18 heavy (non-hydrogen) atoms. The molecular weight excluding hydrogens is 256 g/mol. The van der Waals surface area contributed by atoms with Crippen LogP contribution in [0.3, 0.4) is 0 Å². The van der Waals surface area contributed by atoms with Crippen LogP contribution in [0.2, 0.25) is 0 Å². The van der Waals surface area contributed by atoms with Crippen molar-refractivity contribution in [3.05, 3.63) is 42.5 Å². The first-order chi connectivity index (χ1) is 8.41. The molecule has 0 saturated carbocycles. The number of carbonyl (C=O) groups excluding carboxylic acids is 1. The summed E-state index contributed by atoms with van der Waals surface area (Å²) in [5.74, 6) is -0.797. The largest absolute Gasteiger partial charge is 0.461 e. The van der Waals surface area contributed by atoms with Crippen LogP contribution in [0.25, 0.3) is 0 Å². The normalized spacial score (nSPS) is 10.7. The van der Waals surface area contributed by atoms with E-state index >= 15 is 0 Å². The maximum absolute atomic E-state index is 11.5. The number of rotatable bonds is 6.